The quantitative estimate of drug-likeness (QED) is 0.796. The van der Waals surface area contributed by atoms with Crippen LogP contribution in [0.25, 0.3) is 0 Å². The lowest BCUT2D eigenvalue weighted by Crippen LogP contribution is -2.21. The van der Waals surface area contributed by atoms with E-state index in [-0.39, 0.29) is 0 Å². The van der Waals surface area contributed by atoms with Gasteiger partial charge in [-0.2, -0.15) is 0 Å². The van der Waals surface area contributed by atoms with Crippen molar-refractivity contribution >= 4 is 34.8 Å². The summed E-state index contributed by atoms with van der Waals surface area (Å²) in [6.45, 7) is 3.70. The molecule has 0 saturated carbocycles. The maximum Gasteiger partial charge on any atom is 0.0637 e. The predicted octanol–water partition coefficient (Wildman–Crippen LogP) is 3.96. The van der Waals surface area contributed by atoms with Gasteiger partial charge in [-0.15, -0.1) is 11.6 Å². The van der Waals surface area contributed by atoms with Crippen molar-refractivity contribution in [1.82, 2.24) is 5.32 Å². The van der Waals surface area contributed by atoms with E-state index >= 15 is 0 Å². The third-order valence-corrected chi connectivity index (χ3v) is 3.49. The number of alkyl halides is 1. The minimum atomic E-state index is 0.463. The maximum absolute atomic E-state index is 6.04. The molecule has 0 bridgehead atoms. The summed E-state index contributed by atoms with van der Waals surface area (Å²) >= 11 is 17.6. The molecule has 0 aromatic heterocycles. The molecule has 15 heavy (non-hydrogen) atoms. The molecule has 1 atom stereocenters. The van der Waals surface area contributed by atoms with Crippen molar-refractivity contribution in [2.45, 2.75) is 13.5 Å². The molecule has 1 rings (SSSR count). The molecular formula is C11H14Cl3N. The number of nitrogens with one attached hydrogen (secondary N) is 1. The Bertz CT molecular complexity index is 315. The third-order valence-electron chi connectivity index (χ3n) is 2.10. The zero-order valence-corrected chi connectivity index (χ0v) is 10.8. The molecule has 1 nitrogen and oxygen atoms in total. The number of rotatable bonds is 5. The summed E-state index contributed by atoms with van der Waals surface area (Å²) in [4.78, 5) is 0. The van der Waals surface area contributed by atoms with Gasteiger partial charge in [0.25, 0.3) is 0 Å². The Morgan fingerprint density at radius 1 is 1.33 bits per heavy atom. The minimum absolute atomic E-state index is 0.463. The molecule has 4 heteroatoms. The average molecular weight is 267 g/mol. The zero-order chi connectivity index (χ0) is 11.3. The van der Waals surface area contributed by atoms with Crippen molar-refractivity contribution in [1.29, 1.82) is 0 Å². The summed E-state index contributed by atoms with van der Waals surface area (Å²) in [6, 6.07) is 5.65. The highest BCUT2D eigenvalue weighted by Crippen LogP contribution is 2.25. The van der Waals surface area contributed by atoms with Gasteiger partial charge in [0, 0.05) is 12.4 Å². The van der Waals surface area contributed by atoms with E-state index in [2.05, 4.69) is 12.2 Å². The lowest BCUT2D eigenvalue weighted by Gasteiger charge is -2.10. The fourth-order valence-corrected chi connectivity index (χ4v) is 1.69. The van der Waals surface area contributed by atoms with Gasteiger partial charge < -0.3 is 5.32 Å². The van der Waals surface area contributed by atoms with Crippen LogP contribution in [0.5, 0.6) is 0 Å². The summed E-state index contributed by atoms with van der Waals surface area (Å²) in [5.74, 6) is 1.13. The van der Waals surface area contributed by atoms with E-state index in [0.29, 0.717) is 21.8 Å². The summed E-state index contributed by atoms with van der Waals surface area (Å²) < 4.78 is 0. The highest BCUT2D eigenvalue weighted by Gasteiger charge is 2.04. The van der Waals surface area contributed by atoms with E-state index in [1.807, 2.05) is 12.1 Å². The molecule has 0 aliphatic rings. The van der Waals surface area contributed by atoms with Crippen molar-refractivity contribution in [3.05, 3.63) is 33.8 Å². The van der Waals surface area contributed by atoms with Crippen molar-refractivity contribution in [2.75, 3.05) is 12.4 Å². The number of benzene rings is 1. The lowest BCUT2D eigenvalue weighted by atomic mass is 10.2. The van der Waals surface area contributed by atoms with Gasteiger partial charge >= 0.3 is 0 Å². The van der Waals surface area contributed by atoms with Gasteiger partial charge in [0.2, 0.25) is 0 Å². The van der Waals surface area contributed by atoms with E-state index in [4.69, 9.17) is 34.8 Å². The van der Waals surface area contributed by atoms with Gasteiger partial charge in [0.15, 0.2) is 0 Å². The molecule has 0 spiro atoms. The standard InChI is InChI=1S/C11H14Cl3N/c1-8(5-12)6-15-7-9-3-2-4-10(13)11(9)14/h2-4,8,15H,5-7H2,1H3. The summed E-state index contributed by atoms with van der Waals surface area (Å²) in [5, 5.41) is 4.52. The topological polar surface area (TPSA) is 12.0 Å². The smallest absolute Gasteiger partial charge is 0.0637 e. The van der Waals surface area contributed by atoms with Crippen molar-refractivity contribution in [3.8, 4) is 0 Å². The molecule has 0 amide bonds. The molecule has 0 heterocycles. The highest BCUT2D eigenvalue weighted by atomic mass is 35.5. The third kappa shape index (κ3) is 4.20. The van der Waals surface area contributed by atoms with Crippen molar-refractivity contribution in [2.24, 2.45) is 5.92 Å². The van der Waals surface area contributed by atoms with Crippen LogP contribution < -0.4 is 5.32 Å². The second kappa shape index (κ2) is 6.59. The Hall–Kier alpha value is 0.0500. The van der Waals surface area contributed by atoms with Crippen LogP contribution in [0.4, 0.5) is 0 Å². The monoisotopic (exact) mass is 265 g/mol. The van der Waals surface area contributed by atoms with Crippen LogP contribution in [0.3, 0.4) is 0 Å². The number of hydrogen-bond donors (Lipinski definition) is 1. The first-order valence-electron chi connectivity index (χ1n) is 4.84. The predicted molar refractivity (Wildman–Crippen MR) is 68.1 cm³/mol. The van der Waals surface area contributed by atoms with Crippen LogP contribution in [0.2, 0.25) is 10.0 Å². The van der Waals surface area contributed by atoms with E-state index < -0.39 is 0 Å². The molecule has 0 radical (unpaired) electrons. The van der Waals surface area contributed by atoms with Gasteiger partial charge in [-0.1, -0.05) is 42.3 Å². The van der Waals surface area contributed by atoms with Crippen LogP contribution in [-0.2, 0) is 6.54 Å². The molecule has 1 unspecified atom stereocenters. The molecule has 0 aliphatic heterocycles. The molecule has 0 fully saturated rings. The largest absolute Gasteiger partial charge is 0.312 e. The number of hydrogen-bond acceptors (Lipinski definition) is 1. The van der Waals surface area contributed by atoms with Crippen LogP contribution in [0, 0.1) is 5.92 Å². The van der Waals surface area contributed by atoms with Crippen molar-refractivity contribution in [3.63, 3.8) is 0 Å². The minimum Gasteiger partial charge on any atom is -0.312 e. The summed E-state index contributed by atoms with van der Waals surface area (Å²) in [7, 11) is 0. The highest BCUT2D eigenvalue weighted by molar-refractivity contribution is 6.42. The number of halogens is 3. The second-order valence-electron chi connectivity index (χ2n) is 3.60. The molecule has 1 aromatic carbocycles. The first kappa shape index (κ1) is 13.1. The van der Waals surface area contributed by atoms with Gasteiger partial charge in [0.05, 0.1) is 10.0 Å². The lowest BCUT2D eigenvalue weighted by molar-refractivity contribution is 0.557. The maximum atomic E-state index is 6.04. The van der Waals surface area contributed by atoms with E-state index in [0.717, 1.165) is 18.7 Å². The van der Waals surface area contributed by atoms with E-state index in [9.17, 15) is 0 Å². The van der Waals surface area contributed by atoms with Crippen LogP contribution in [0.1, 0.15) is 12.5 Å². The normalized spacial score (nSPS) is 12.8. The van der Waals surface area contributed by atoms with E-state index in [1.165, 1.54) is 0 Å². The van der Waals surface area contributed by atoms with E-state index in [1.54, 1.807) is 6.07 Å². The van der Waals surface area contributed by atoms with Crippen LogP contribution in [0.15, 0.2) is 18.2 Å². The van der Waals surface area contributed by atoms with Gasteiger partial charge in [-0.3, -0.25) is 0 Å². The fraction of sp³-hybridized carbons (Fsp3) is 0.455. The molecule has 1 N–H and O–H groups in total. The van der Waals surface area contributed by atoms with Gasteiger partial charge in [-0.05, 0) is 24.1 Å². The molecular weight excluding hydrogens is 252 g/mol. The molecule has 0 aliphatic carbocycles. The van der Waals surface area contributed by atoms with Crippen molar-refractivity contribution < 1.29 is 0 Å². The first-order valence-corrected chi connectivity index (χ1v) is 6.13. The first-order chi connectivity index (χ1) is 7.15. The Kier molecular flexibility index (Phi) is 5.77. The second-order valence-corrected chi connectivity index (χ2v) is 4.70. The zero-order valence-electron chi connectivity index (χ0n) is 8.56. The SMILES string of the molecule is CC(CCl)CNCc1cccc(Cl)c1Cl. The molecule has 0 saturated heterocycles. The van der Waals surface area contributed by atoms with Gasteiger partial charge in [0.1, 0.15) is 0 Å². The van der Waals surface area contributed by atoms with Crippen LogP contribution >= 0.6 is 34.8 Å². The Balaban J connectivity index is 2.47. The Labute approximate surface area is 106 Å². The summed E-state index contributed by atoms with van der Waals surface area (Å²) in [5.41, 5.74) is 1.02. The van der Waals surface area contributed by atoms with Crippen LogP contribution in [-0.4, -0.2) is 12.4 Å². The fourth-order valence-electron chi connectivity index (χ4n) is 1.19. The molecule has 84 valence electrons. The average Bonchev–Trinajstić information content (AvgIpc) is 2.24. The Morgan fingerprint density at radius 3 is 2.73 bits per heavy atom. The Morgan fingerprint density at radius 2 is 2.07 bits per heavy atom. The van der Waals surface area contributed by atoms with Gasteiger partial charge in [-0.25, -0.2) is 0 Å². The molecule has 1 aromatic rings. The summed E-state index contributed by atoms with van der Waals surface area (Å²) in [6.07, 6.45) is 0.